The first-order chi connectivity index (χ1) is 13.5. The van der Waals surface area contributed by atoms with Crippen LogP contribution in [-0.4, -0.2) is 30.1 Å². The molecule has 2 aromatic carbocycles. The molecule has 4 rings (SSSR count). The molecule has 2 aliphatic heterocycles. The molecule has 0 aromatic heterocycles. The number of nitrogens with zero attached hydrogens (tertiary/aromatic N) is 1. The van der Waals surface area contributed by atoms with Gasteiger partial charge in [0.15, 0.2) is 5.76 Å². The van der Waals surface area contributed by atoms with Gasteiger partial charge in [-0.25, -0.2) is 0 Å². The van der Waals surface area contributed by atoms with E-state index in [1.54, 1.807) is 6.08 Å². The zero-order chi connectivity index (χ0) is 19.8. The summed E-state index contributed by atoms with van der Waals surface area (Å²) in [7, 11) is 0. The lowest BCUT2D eigenvalue weighted by molar-refractivity contribution is 0.0678. The maximum absolute atomic E-state index is 13.0. The Labute approximate surface area is 165 Å². The normalized spacial score (nSPS) is 17.3. The van der Waals surface area contributed by atoms with Crippen LogP contribution in [0.4, 0.5) is 0 Å². The fraction of sp³-hybridized carbons (Fsp3) is 0.348. The van der Waals surface area contributed by atoms with Crippen molar-refractivity contribution < 1.29 is 19.0 Å². The maximum atomic E-state index is 13.0. The molecule has 0 radical (unpaired) electrons. The predicted octanol–water partition coefficient (Wildman–Crippen LogP) is 4.57. The Morgan fingerprint density at radius 3 is 2.79 bits per heavy atom. The summed E-state index contributed by atoms with van der Waals surface area (Å²) in [5.74, 6) is 2.38. The number of fused-ring (bicyclic) bond motifs is 2. The van der Waals surface area contributed by atoms with Gasteiger partial charge >= 0.3 is 0 Å². The molecule has 2 heterocycles. The molecular formula is C23H25NO4. The zero-order valence-electron chi connectivity index (χ0n) is 16.7. The van der Waals surface area contributed by atoms with Gasteiger partial charge in [0.05, 0.1) is 12.2 Å². The molecular weight excluding hydrogens is 354 g/mol. The molecule has 0 aliphatic carbocycles. The molecule has 28 heavy (non-hydrogen) atoms. The second-order valence-corrected chi connectivity index (χ2v) is 7.39. The standard InChI is InChI=1S/C23H25NO4/c1-5-26-19-9-7-6-8-16(19)11-20-21(25)18-10-17-12-24(14(2)3)13-27-22(17)15(4)23(18)28-20/h6-11,14H,5,12-13H2,1-4H3/b20-11-. The number of allylic oxidation sites excluding steroid dienone is 1. The average molecular weight is 379 g/mol. The van der Waals surface area contributed by atoms with Crippen molar-refractivity contribution >= 4 is 11.9 Å². The molecule has 0 atom stereocenters. The first-order valence-corrected chi connectivity index (χ1v) is 9.69. The summed E-state index contributed by atoms with van der Waals surface area (Å²) in [6, 6.07) is 9.93. The highest BCUT2D eigenvalue weighted by Crippen LogP contribution is 2.43. The minimum atomic E-state index is -0.103. The third-order valence-corrected chi connectivity index (χ3v) is 5.20. The second kappa shape index (κ2) is 7.32. The van der Waals surface area contributed by atoms with Crippen molar-refractivity contribution in [2.75, 3.05) is 13.3 Å². The summed E-state index contributed by atoms with van der Waals surface area (Å²) in [6.45, 7) is 10.0. The van der Waals surface area contributed by atoms with Gasteiger partial charge in [0, 0.05) is 29.3 Å². The van der Waals surface area contributed by atoms with Gasteiger partial charge in [-0.15, -0.1) is 0 Å². The molecule has 5 nitrogen and oxygen atoms in total. The summed E-state index contributed by atoms with van der Waals surface area (Å²) in [5.41, 5.74) is 3.34. The Hall–Kier alpha value is -2.79. The van der Waals surface area contributed by atoms with E-state index in [0.29, 0.717) is 36.5 Å². The average Bonchev–Trinajstić information content (AvgIpc) is 2.99. The third-order valence-electron chi connectivity index (χ3n) is 5.20. The number of rotatable bonds is 4. The van der Waals surface area contributed by atoms with Gasteiger partial charge in [0.1, 0.15) is 24.0 Å². The Balaban J connectivity index is 1.71. The Morgan fingerprint density at radius 1 is 1.25 bits per heavy atom. The number of Topliss-reactive ketones (excluding diaryl/α,β-unsaturated/α-hetero) is 1. The van der Waals surface area contributed by atoms with Crippen LogP contribution in [0.2, 0.25) is 0 Å². The minimum absolute atomic E-state index is 0.103. The summed E-state index contributed by atoms with van der Waals surface area (Å²) < 4.78 is 17.6. The van der Waals surface area contributed by atoms with Crippen LogP contribution in [0.3, 0.4) is 0 Å². The van der Waals surface area contributed by atoms with E-state index in [1.165, 1.54) is 0 Å². The quantitative estimate of drug-likeness (QED) is 0.728. The van der Waals surface area contributed by atoms with E-state index in [4.69, 9.17) is 14.2 Å². The lowest BCUT2D eigenvalue weighted by Gasteiger charge is -2.32. The first-order valence-electron chi connectivity index (χ1n) is 9.69. The van der Waals surface area contributed by atoms with Gasteiger partial charge in [-0.1, -0.05) is 18.2 Å². The van der Waals surface area contributed by atoms with Crippen molar-refractivity contribution in [2.45, 2.75) is 40.3 Å². The van der Waals surface area contributed by atoms with Crippen LogP contribution < -0.4 is 14.2 Å². The molecule has 5 heteroatoms. The van der Waals surface area contributed by atoms with Crippen molar-refractivity contribution in [3.63, 3.8) is 0 Å². The van der Waals surface area contributed by atoms with Crippen molar-refractivity contribution in [1.82, 2.24) is 4.90 Å². The third kappa shape index (κ3) is 3.16. The number of hydrogen-bond donors (Lipinski definition) is 0. The zero-order valence-corrected chi connectivity index (χ0v) is 16.7. The van der Waals surface area contributed by atoms with E-state index in [9.17, 15) is 4.79 Å². The van der Waals surface area contributed by atoms with Gasteiger partial charge in [0.25, 0.3) is 0 Å². The van der Waals surface area contributed by atoms with Gasteiger partial charge in [-0.05, 0) is 45.9 Å². The second-order valence-electron chi connectivity index (χ2n) is 7.39. The highest BCUT2D eigenvalue weighted by molar-refractivity contribution is 6.15. The number of ether oxygens (including phenoxy) is 3. The molecule has 0 N–H and O–H groups in total. The van der Waals surface area contributed by atoms with E-state index >= 15 is 0 Å². The van der Waals surface area contributed by atoms with E-state index < -0.39 is 0 Å². The minimum Gasteiger partial charge on any atom is -0.493 e. The molecule has 0 spiro atoms. The monoisotopic (exact) mass is 379 g/mol. The first kappa shape index (κ1) is 18.6. The van der Waals surface area contributed by atoms with Crippen LogP contribution in [0, 0.1) is 6.92 Å². The van der Waals surface area contributed by atoms with E-state index in [2.05, 4.69) is 18.7 Å². The fourth-order valence-electron chi connectivity index (χ4n) is 3.63. The molecule has 0 amide bonds. The highest BCUT2D eigenvalue weighted by Gasteiger charge is 2.34. The van der Waals surface area contributed by atoms with Gasteiger partial charge < -0.3 is 14.2 Å². The number of carbonyl (C=O) groups is 1. The van der Waals surface area contributed by atoms with Gasteiger partial charge in [-0.2, -0.15) is 0 Å². The van der Waals surface area contributed by atoms with Crippen LogP contribution in [0.15, 0.2) is 36.1 Å². The Bertz CT molecular complexity index is 961. The lowest BCUT2D eigenvalue weighted by Crippen LogP contribution is -2.37. The fourth-order valence-corrected chi connectivity index (χ4v) is 3.63. The number of para-hydroxylation sites is 1. The number of carbonyl (C=O) groups excluding carboxylic acids is 1. The van der Waals surface area contributed by atoms with Gasteiger partial charge in [-0.3, -0.25) is 9.69 Å². The largest absolute Gasteiger partial charge is 0.493 e. The molecule has 0 bridgehead atoms. The molecule has 0 saturated carbocycles. The van der Waals surface area contributed by atoms with Crippen LogP contribution in [-0.2, 0) is 6.54 Å². The lowest BCUT2D eigenvalue weighted by atomic mass is 9.99. The topological polar surface area (TPSA) is 48.0 Å². The summed E-state index contributed by atoms with van der Waals surface area (Å²) in [4.78, 5) is 15.3. The van der Waals surface area contributed by atoms with Crippen molar-refractivity contribution in [3.8, 4) is 17.2 Å². The SMILES string of the molecule is CCOc1ccccc1/C=C1\Oc2c(cc3c(c2C)OCN(C(C)C)C3)C1=O. The van der Waals surface area contributed by atoms with E-state index in [0.717, 1.165) is 34.7 Å². The number of ketones is 1. The van der Waals surface area contributed by atoms with Crippen molar-refractivity contribution in [1.29, 1.82) is 0 Å². The smallest absolute Gasteiger partial charge is 0.231 e. The molecule has 0 unspecified atom stereocenters. The van der Waals surface area contributed by atoms with Crippen molar-refractivity contribution in [3.05, 3.63) is 58.3 Å². The van der Waals surface area contributed by atoms with Gasteiger partial charge in [0.2, 0.25) is 5.78 Å². The molecule has 2 aromatic rings. The summed E-state index contributed by atoms with van der Waals surface area (Å²) in [5, 5.41) is 0. The molecule has 2 aliphatic rings. The van der Waals surface area contributed by atoms with E-state index in [1.807, 2.05) is 44.2 Å². The Morgan fingerprint density at radius 2 is 2.04 bits per heavy atom. The molecule has 0 fully saturated rings. The van der Waals surface area contributed by atoms with Crippen LogP contribution >= 0.6 is 0 Å². The summed E-state index contributed by atoms with van der Waals surface area (Å²) >= 11 is 0. The highest BCUT2D eigenvalue weighted by atomic mass is 16.5. The van der Waals surface area contributed by atoms with Crippen LogP contribution in [0.5, 0.6) is 17.2 Å². The predicted molar refractivity (Wildman–Crippen MR) is 108 cm³/mol. The van der Waals surface area contributed by atoms with Crippen LogP contribution in [0.1, 0.15) is 47.8 Å². The molecule has 146 valence electrons. The maximum Gasteiger partial charge on any atom is 0.231 e. The van der Waals surface area contributed by atoms with E-state index in [-0.39, 0.29) is 5.78 Å². The Kier molecular flexibility index (Phi) is 4.85. The molecule has 0 saturated heterocycles. The van der Waals surface area contributed by atoms with Crippen molar-refractivity contribution in [2.24, 2.45) is 0 Å². The number of hydrogen-bond acceptors (Lipinski definition) is 5. The number of benzene rings is 2. The summed E-state index contributed by atoms with van der Waals surface area (Å²) in [6.07, 6.45) is 1.76. The van der Waals surface area contributed by atoms with Crippen LogP contribution in [0.25, 0.3) is 6.08 Å².